The number of hydrogen-bond acceptors (Lipinski definition) is 1. The van der Waals surface area contributed by atoms with Crippen LogP contribution in [0.25, 0.3) is 0 Å². The predicted octanol–water partition coefficient (Wildman–Crippen LogP) is 8.57. The van der Waals surface area contributed by atoms with E-state index in [1.54, 1.807) is 0 Å². The highest BCUT2D eigenvalue weighted by atomic mass is 28.3. The van der Waals surface area contributed by atoms with Crippen molar-refractivity contribution in [3.8, 4) is 0 Å². The zero-order valence-electron chi connectivity index (χ0n) is 19.1. The van der Waals surface area contributed by atoms with E-state index in [0.29, 0.717) is 0 Å². The van der Waals surface area contributed by atoms with Crippen molar-refractivity contribution < 1.29 is 0 Å². The van der Waals surface area contributed by atoms with Crippen LogP contribution in [0.1, 0.15) is 116 Å². The monoisotopic (exact) mass is 383 g/mol. The van der Waals surface area contributed by atoms with Crippen LogP contribution < -0.4 is 5.32 Å². The van der Waals surface area contributed by atoms with E-state index in [9.17, 15) is 0 Å². The zero-order valence-corrected chi connectivity index (χ0v) is 20.1. The highest BCUT2D eigenvalue weighted by Crippen LogP contribution is 2.13. The fourth-order valence-corrected chi connectivity index (χ4v) is 4.90. The topological polar surface area (TPSA) is 12.0 Å². The van der Waals surface area contributed by atoms with Gasteiger partial charge >= 0.3 is 0 Å². The van der Waals surface area contributed by atoms with Gasteiger partial charge in [0.25, 0.3) is 0 Å². The average molecular weight is 384 g/mol. The average Bonchev–Trinajstić information content (AvgIpc) is 2.59. The van der Waals surface area contributed by atoms with Crippen molar-refractivity contribution in [2.45, 2.75) is 142 Å². The molecule has 0 aromatic carbocycles. The Kier molecular flexibility index (Phi) is 20.1. The first kappa shape index (κ1) is 26.2. The quantitative estimate of drug-likeness (QED) is 0.154. The summed E-state index contributed by atoms with van der Waals surface area (Å²) < 4.78 is 0. The van der Waals surface area contributed by atoms with Crippen LogP contribution in [0.5, 0.6) is 0 Å². The van der Waals surface area contributed by atoms with Gasteiger partial charge in [0.05, 0.1) is 0 Å². The molecule has 0 aliphatic heterocycles. The first-order chi connectivity index (χ1) is 12.6. The van der Waals surface area contributed by atoms with E-state index < -0.39 is 8.07 Å². The maximum absolute atomic E-state index is 3.63. The van der Waals surface area contributed by atoms with Crippen molar-refractivity contribution >= 4 is 8.07 Å². The van der Waals surface area contributed by atoms with Crippen LogP contribution >= 0.6 is 0 Å². The maximum atomic E-state index is 3.63. The molecule has 0 rings (SSSR count). The lowest BCUT2D eigenvalue weighted by atomic mass is 10.0. The summed E-state index contributed by atoms with van der Waals surface area (Å²) in [5, 5.41) is 3.63. The molecule has 0 atom stereocenters. The first-order valence-corrected chi connectivity index (χ1v) is 16.0. The second-order valence-corrected chi connectivity index (χ2v) is 15.3. The lowest BCUT2D eigenvalue weighted by molar-refractivity contribution is 0.525. The second-order valence-electron chi connectivity index (χ2n) is 9.72. The van der Waals surface area contributed by atoms with Crippen molar-refractivity contribution in [2.75, 3.05) is 13.1 Å². The third-order valence-corrected chi connectivity index (χ3v) is 7.34. The first-order valence-electron chi connectivity index (χ1n) is 12.3. The number of unbranched alkanes of at least 4 members (excludes halogenated alkanes) is 15. The van der Waals surface area contributed by atoms with Gasteiger partial charge in [-0.25, -0.2) is 0 Å². The van der Waals surface area contributed by atoms with Gasteiger partial charge in [0.15, 0.2) is 0 Å². The van der Waals surface area contributed by atoms with Gasteiger partial charge in [-0.05, 0) is 25.9 Å². The smallest absolute Gasteiger partial charge is 0.0443 e. The van der Waals surface area contributed by atoms with Gasteiger partial charge in [-0.3, -0.25) is 0 Å². The molecule has 26 heavy (non-hydrogen) atoms. The molecule has 1 nitrogen and oxygen atoms in total. The summed E-state index contributed by atoms with van der Waals surface area (Å²) in [4.78, 5) is 0. The molecule has 0 radical (unpaired) electrons. The molecule has 0 bridgehead atoms. The second kappa shape index (κ2) is 19.9. The fourth-order valence-electron chi connectivity index (χ4n) is 3.67. The highest BCUT2D eigenvalue weighted by Gasteiger charge is 2.11. The van der Waals surface area contributed by atoms with Gasteiger partial charge in [0, 0.05) is 8.07 Å². The predicted molar refractivity (Wildman–Crippen MR) is 125 cm³/mol. The van der Waals surface area contributed by atoms with Crippen LogP contribution in [0.4, 0.5) is 0 Å². The van der Waals surface area contributed by atoms with Gasteiger partial charge < -0.3 is 5.32 Å². The van der Waals surface area contributed by atoms with Crippen LogP contribution in [-0.4, -0.2) is 21.2 Å². The van der Waals surface area contributed by atoms with Gasteiger partial charge in [0.1, 0.15) is 0 Å². The molecular weight excluding hydrogens is 330 g/mol. The van der Waals surface area contributed by atoms with Gasteiger partial charge in [-0.15, -0.1) is 0 Å². The maximum Gasteiger partial charge on any atom is 0.0443 e. The summed E-state index contributed by atoms with van der Waals surface area (Å²) in [5.41, 5.74) is 0. The molecular formula is C24H53NSi. The molecule has 158 valence electrons. The Morgan fingerprint density at radius 2 is 0.808 bits per heavy atom. The van der Waals surface area contributed by atoms with Gasteiger partial charge in [-0.1, -0.05) is 129 Å². The summed E-state index contributed by atoms with van der Waals surface area (Å²) in [5.74, 6) is 0. The molecule has 0 aliphatic rings. The highest BCUT2D eigenvalue weighted by molar-refractivity contribution is 6.76. The van der Waals surface area contributed by atoms with Crippen molar-refractivity contribution in [3.05, 3.63) is 0 Å². The molecule has 0 unspecified atom stereocenters. The summed E-state index contributed by atoms with van der Waals surface area (Å²) in [6, 6.07) is 1.47. The molecule has 0 amide bonds. The molecule has 0 aromatic heterocycles. The SMILES string of the molecule is CCCCCCCCCCCCCCCCCCNCCC[Si](C)(C)C. The number of nitrogens with one attached hydrogen (secondary N) is 1. The van der Waals surface area contributed by atoms with Crippen LogP contribution in [-0.2, 0) is 0 Å². The summed E-state index contributed by atoms with van der Waals surface area (Å²) in [7, 11) is -0.811. The Balaban J connectivity index is 3.01. The van der Waals surface area contributed by atoms with Crippen LogP contribution in [0.15, 0.2) is 0 Å². The van der Waals surface area contributed by atoms with Crippen molar-refractivity contribution in [1.82, 2.24) is 5.32 Å². The summed E-state index contributed by atoms with van der Waals surface area (Å²) >= 11 is 0. The fraction of sp³-hybridized carbons (Fsp3) is 1.00. The minimum atomic E-state index is -0.811. The molecule has 0 saturated heterocycles. The molecule has 0 heterocycles. The molecule has 0 saturated carbocycles. The van der Waals surface area contributed by atoms with Crippen LogP contribution in [0.2, 0.25) is 25.7 Å². The molecule has 0 spiro atoms. The third-order valence-electron chi connectivity index (χ3n) is 5.49. The summed E-state index contributed by atoms with van der Waals surface area (Å²) in [6.45, 7) is 12.2. The van der Waals surface area contributed by atoms with Crippen molar-refractivity contribution in [1.29, 1.82) is 0 Å². The largest absolute Gasteiger partial charge is 0.317 e. The third kappa shape index (κ3) is 24.2. The molecule has 0 fully saturated rings. The molecule has 0 aromatic rings. The number of rotatable bonds is 21. The van der Waals surface area contributed by atoms with E-state index in [2.05, 4.69) is 31.9 Å². The van der Waals surface area contributed by atoms with Gasteiger partial charge in [-0.2, -0.15) is 0 Å². The van der Waals surface area contributed by atoms with E-state index in [4.69, 9.17) is 0 Å². The Hall–Kier alpha value is 0.177. The van der Waals surface area contributed by atoms with Crippen molar-refractivity contribution in [3.63, 3.8) is 0 Å². The van der Waals surface area contributed by atoms with E-state index in [-0.39, 0.29) is 0 Å². The van der Waals surface area contributed by atoms with E-state index in [0.717, 1.165) is 0 Å². The standard InChI is InChI=1S/C24H53NSi/c1-5-6-7-8-9-10-11-12-13-14-15-16-17-18-19-20-22-25-23-21-24-26(2,3)4/h25H,5-24H2,1-4H3. The Morgan fingerprint density at radius 3 is 1.19 bits per heavy atom. The lowest BCUT2D eigenvalue weighted by Crippen LogP contribution is -2.23. The molecule has 2 heteroatoms. The Labute approximate surface area is 168 Å². The zero-order chi connectivity index (χ0) is 19.3. The molecule has 1 N–H and O–H groups in total. The minimum Gasteiger partial charge on any atom is -0.317 e. The number of hydrogen-bond donors (Lipinski definition) is 1. The minimum absolute atomic E-state index is 0.811. The summed E-state index contributed by atoms with van der Waals surface area (Å²) in [6.07, 6.45) is 24.7. The van der Waals surface area contributed by atoms with E-state index in [1.165, 1.54) is 128 Å². The normalized spacial score (nSPS) is 12.0. The molecule has 0 aliphatic carbocycles. The van der Waals surface area contributed by atoms with Gasteiger partial charge in [0.2, 0.25) is 0 Å². The van der Waals surface area contributed by atoms with Crippen molar-refractivity contribution in [2.24, 2.45) is 0 Å². The van der Waals surface area contributed by atoms with Crippen LogP contribution in [0, 0.1) is 0 Å². The van der Waals surface area contributed by atoms with Crippen LogP contribution in [0.3, 0.4) is 0 Å². The van der Waals surface area contributed by atoms with E-state index >= 15 is 0 Å². The lowest BCUT2D eigenvalue weighted by Gasteiger charge is -2.15. The Morgan fingerprint density at radius 1 is 0.462 bits per heavy atom. The Bertz CT molecular complexity index is 259. The van der Waals surface area contributed by atoms with E-state index in [1.807, 2.05) is 0 Å².